The molecule has 1 amide bonds. The van der Waals surface area contributed by atoms with Crippen LogP contribution in [0.5, 0.6) is 0 Å². The summed E-state index contributed by atoms with van der Waals surface area (Å²) in [6, 6.07) is 9.56. The van der Waals surface area contributed by atoms with Crippen LogP contribution in [0.15, 0.2) is 30.3 Å². The average Bonchev–Trinajstić information content (AvgIpc) is 3.09. The van der Waals surface area contributed by atoms with E-state index in [1.54, 1.807) is 0 Å². The number of primary amides is 1. The summed E-state index contributed by atoms with van der Waals surface area (Å²) in [5, 5.41) is 16.4. The van der Waals surface area contributed by atoms with Crippen molar-refractivity contribution in [1.82, 2.24) is 9.97 Å². The van der Waals surface area contributed by atoms with E-state index >= 15 is 0 Å². The summed E-state index contributed by atoms with van der Waals surface area (Å²) in [7, 11) is 0. The van der Waals surface area contributed by atoms with Crippen molar-refractivity contribution in [3.8, 4) is 11.4 Å². The number of nitrogens with one attached hydrogen (secondary N) is 2. The minimum Gasteiger partial charge on any atom is -0.393 e. The Morgan fingerprint density at radius 3 is 2.58 bits per heavy atom. The standard InChI is InChI=1S/C19H23N5O2/c20-16(26)15-10-14-18(21-12-6-8-13(25)9-7-12)23-17(24-19(14)22-15)11-4-2-1-3-5-11/h1-5,12-13,15,25H,6-10H2,(H2,20,26)(H2,21,22,23,24). The van der Waals surface area contributed by atoms with E-state index in [1.807, 2.05) is 30.3 Å². The summed E-state index contributed by atoms with van der Waals surface area (Å²) in [4.78, 5) is 21.0. The summed E-state index contributed by atoms with van der Waals surface area (Å²) in [5.74, 6) is 1.64. The van der Waals surface area contributed by atoms with Crippen molar-refractivity contribution in [1.29, 1.82) is 0 Å². The van der Waals surface area contributed by atoms with Crippen molar-refractivity contribution in [3.05, 3.63) is 35.9 Å². The molecule has 1 fully saturated rings. The van der Waals surface area contributed by atoms with Gasteiger partial charge in [-0.15, -0.1) is 0 Å². The summed E-state index contributed by atoms with van der Waals surface area (Å²) in [6.45, 7) is 0. The molecule has 0 radical (unpaired) electrons. The number of hydrogen-bond donors (Lipinski definition) is 4. The molecule has 1 aliphatic heterocycles. The largest absolute Gasteiger partial charge is 0.393 e. The zero-order chi connectivity index (χ0) is 18.1. The fraction of sp³-hybridized carbons (Fsp3) is 0.421. The van der Waals surface area contributed by atoms with Crippen LogP contribution in [0.25, 0.3) is 11.4 Å². The second-order valence-electron chi connectivity index (χ2n) is 7.04. The van der Waals surface area contributed by atoms with Crippen LogP contribution in [0.2, 0.25) is 0 Å². The predicted octanol–water partition coefficient (Wildman–Crippen LogP) is 1.68. The van der Waals surface area contributed by atoms with Gasteiger partial charge in [-0.25, -0.2) is 9.97 Å². The molecule has 0 spiro atoms. The van der Waals surface area contributed by atoms with Crippen LogP contribution >= 0.6 is 0 Å². The molecule has 1 aromatic heterocycles. The first-order chi connectivity index (χ1) is 12.6. The molecule has 0 saturated heterocycles. The first kappa shape index (κ1) is 16.8. The second-order valence-corrected chi connectivity index (χ2v) is 7.04. The number of aromatic nitrogens is 2. The van der Waals surface area contributed by atoms with Crippen molar-refractivity contribution < 1.29 is 9.90 Å². The molecule has 0 bridgehead atoms. The van der Waals surface area contributed by atoms with Crippen LogP contribution in [0.1, 0.15) is 31.2 Å². The minimum absolute atomic E-state index is 0.204. The first-order valence-corrected chi connectivity index (χ1v) is 9.07. The molecule has 7 heteroatoms. The van der Waals surface area contributed by atoms with Gasteiger partial charge >= 0.3 is 0 Å². The van der Waals surface area contributed by atoms with Gasteiger partial charge in [0.25, 0.3) is 0 Å². The number of anilines is 2. The van der Waals surface area contributed by atoms with Gasteiger partial charge < -0.3 is 21.5 Å². The van der Waals surface area contributed by atoms with Gasteiger partial charge in [-0.2, -0.15) is 0 Å². The third-order valence-corrected chi connectivity index (χ3v) is 5.14. The Morgan fingerprint density at radius 2 is 1.88 bits per heavy atom. The lowest BCUT2D eigenvalue weighted by atomic mass is 9.93. The summed E-state index contributed by atoms with van der Waals surface area (Å²) < 4.78 is 0. The number of amides is 1. The van der Waals surface area contributed by atoms with E-state index in [2.05, 4.69) is 15.6 Å². The molecule has 7 nitrogen and oxygen atoms in total. The molecule has 26 heavy (non-hydrogen) atoms. The fourth-order valence-electron chi connectivity index (χ4n) is 3.64. The molecular weight excluding hydrogens is 330 g/mol. The van der Waals surface area contributed by atoms with Crippen LogP contribution in [-0.4, -0.2) is 39.2 Å². The molecule has 136 valence electrons. The highest BCUT2D eigenvalue weighted by Crippen LogP contribution is 2.33. The maximum atomic E-state index is 11.6. The monoisotopic (exact) mass is 353 g/mol. The van der Waals surface area contributed by atoms with Crippen LogP contribution in [-0.2, 0) is 11.2 Å². The van der Waals surface area contributed by atoms with Gasteiger partial charge in [0.1, 0.15) is 17.7 Å². The lowest BCUT2D eigenvalue weighted by molar-refractivity contribution is -0.118. The number of benzene rings is 1. The number of fused-ring (bicyclic) bond motifs is 1. The minimum atomic E-state index is -0.459. The average molecular weight is 353 g/mol. The predicted molar refractivity (Wildman–Crippen MR) is 99.7 cm³/mol. The van der Waals surface area contributed by atoms with E-state index in [1.165, 1.54) is 0 Å². The van der Waals surface area contributed by atoms with Crippen LogP contribution < -0.4 is 16.4 Å². The number of rotatable bonds is 4. The summed E-state index contributed by atoms with van der Waals surface area (Å²) in [6.07, 6.45) is 3.65. The Morgan fingerprint density at radius 1 is 1.15 bits per heavy atom. The number of carbonyl (C=O) groups is 1. The number of aliphatic hydroxyl groups excluding tert-OH is 1. The maximum absolute atomic E-state index is 11.6. The normalized spacial score (nSPS) is 24.6. The van der Waals surface area contributed by atoms with Crippen LogP contribution in [0, 0.1) is 0 Å². The number of aliphatic hydroxyl groups is 1. The Kier molecular flexibility index (Phi) is 4.46. The number of hydrogen-bond acceptors (Lipinski definition) is 6. The van der Waals surface area contributed by atoms with E-state index in [0.29, 0.717) is 18.1 Å². The summed E-state index contributed by atoms with van der Waals surface area (Å²) >= 11 is 0. The van der Waals surface area contributed by atoms with Crippen molar-refractivity contribution in [3.63, 3.8) is 0 Å². The number of nitrogens with zero attached hydrogens (tertiary/aromatic N) is 2. The molecule has 1 saturated carbocycles. The Bertz CT molecular complexity index is 803. The van der Waals surface area contributed by atoms with Gasteiger partial charge in [0.2, 0.25) is 5.91 Å². The highest BCUT2D eigenvalue weighted by Gasteiger charge is 2.31. The molecule has 1 unspecified atom stereocenters. The van der Waals surface area contributed by atoms with E-state index in [4.69, 9.17) is 10.7 Å². The molecule has 2 heterocycles. The van der Waals surface area contributed by atoms with Crippen LogP contribution in [0.4, 0.5) is 11.6 Å². The first-order valence-electron chi connectivity index (χ1n) is 9.07. The van der Waals surface area contributed by atoms with Crippen molar-refractivity contribution >= 4 is 17.5 Å². The van der Waals surface area contributed by atoms with Crippen molar-refractivity contribution in [2.45, 2.75) is 50.3 Å². The van der Waals surface area contributed by atoms with E-state index in [9.17, 15) is 9.90 Å². The van der Waals surface area contributed by atoms with E-state index in [0.717, 1.165) is 42.6 Å². The highest BCUT2D eigenvalue weighted by molar-refractivity contribution is 5.86. The van der Waals surface area contributed by atoms with Gasteiger partial charge in [-0.05, 0) is 25.7 Å². The Labute approximate surface area is 152 Å². The van der Waals surface area contributed by atoms with Gasteiger partial charge in [0.15, 0.2) is 5.82 Å². The fourth-order valence-corrected chi connectivity index (χ4v) is 3.64. The highest BCUT2D eigenvalue weighted by atomic mass is 16.3. The second kappa shape index (κ2) is 6.92. The number of nitrogens with two attached hydrogens (primary N) is 1. The zero-order valence-electron chi connectivity index (χ0n) is 14.5. The summed E-state index contributed by atoms with van der Waals surface area (Å²) in [5.41, 5.74) is 7.30. The SMILES string of the molecule is NC(=O)C1Cc2c(NC3CCC(O)CC3)nc(-c3ccccc3)nc2N1. The van der Waals surface area contributed by atoms with Crippen LogP contribution in [0.3, 0.4) is 0 Å². The van der Waals surface area contributed by atoms with Gasteiger partial charge in [-0.3, -0.25) is 4.79 Å². The van der Waals surface area contributed by atoms with E-state index < -0.39 is 11.9 Å². The molecule has 5 N–H and O–H groups in total. The molecule has 4 rings (SSSR count). The molecule has 1 aliphatic carbocycles. The molecule has 2 aliphatic rings. The quantitative estimate of drug-likeness (QED) is 0.665. The zero-order valence-corrected chi connectivity index (χ0v) is 14.5. The maximum Gasteiger partial charge on any atom is 0.240 e. The topological polar surface area (TPSA) is 113 Å². The molecule has 1 atom stereocenters. The smallest absolute Gasteiger partial charge is 0.240 e. The van der Waals surface area contributed by atoms with Gasteiger partial charge in [-0.1, -0.05) is 30.3 Å². The van der Waals surface area contributed by atoms with Gasteiger partial charge in [0, 0.05) is 23.6 Å². The lowest BCUT2D eigenvalue weighted by Crippen LogP contribution is -2.33. The van der Waals surface area contributed by atoms with Crippen molar-refractivity contribution in [2.75, 3.05) is 10.6 Å². The molecular formula is C19H23N5O2. The van der Waals surface area contributed by atoms with Crippen molar-refractivity contribution in [2.24, 2.45) is 5.73 Å². The Hall–Kier alpha value is -2.67. The third-order valence-electron chi connectivity index (χ3n) is 5.14. The molecule has 1 aromatic carbocycles. The third kappa shape index (κ3) is 3.35. The van der Waals surface area contributed by atoms with Gasteiger partial charge in [0.05, 0.1) is 6.10 Å². The molecule has 2 aromatic rings. The van der Waals surface area contributed by atoms with E-state index in [-0.39, 0.29) is 12.1 Å². The lowest BCUT2D eigenvalue weighted by Gasteiger charge is -2.27. The Balaban J connectivity index is 1.67. The number of carbonyl (C=O) groups excluding carboxylic acids is 1.